The van der Waals surface area contributed by atoms with Crippen LogP contribution in [0.3, 0.4) is 0 Å². The number of anilines is 1. The first-order valence-electron chi connectivity index (χ1n) is 14.7. The van der Waals surface area contributed by atoms with Crippen molar-refractivity contribution in [2.75, 3.05) is 31.1 Å². The van der Waals surface area contributed by atoms with Crippen molar-refractivity contribution >= 4 is 23.5 Å². The molecule has 0 aromatic heterocycles. The maximum Gasteiger partial charge on any atom is 0.315 e. The zero-order valence-electron chi connectivity index (χ0n) is 24.0. The Kier molecular flexibility index (Phi) is 8.17. The van der Waals surface area contributed by atoms with E-state index in [0.717, 1.165) is 42.7 Å². The summed E-state index contributed by atoms with van der Waals surface area (Å²) in [6, 6.07) is 17.3. The molecule has 0 radical (unpaired) electrons. The summed E-state index contributed by atoms with van der Waals surface area (Å²) in [6.07, 6.45) is 4.36. The van der Waals surface area contributed by atoms with Gasteiger partial charge in [0, 0.05) is 30.4 Å². The van der Waals surface area contributed by atoms with Crippen molar-refractivity contribution in [3.63, 3.8) is 0 Å². The number of amides is 4. The van der Waals surface area contributed by atoms with Gasteiger partial charge >= 0.3 is 6.03 Å². The summed E-state index contributed by atoms with van der Waals surface area (Å²) in [6.45, 7) is 8.90. The van der Waals surface area contributed by atoms with Crippen molar-refractivity contribution in [3.05, 3.63) is 65.7 Å². The van der Waals surface area contributed by atoms with Gasteiger partial charge in [0.2, 0.25) is 11.8 Å². The Morgan fingerprint density at radius 1 is 0.975 bits per heavy atom. The van der Waals surface area contributed by atoms with E-state index in [0.29, 0.717) is 38.8 Å². The van der Waals surface area contributed by atoms with Crippen molar-refractivity contribution in [2.24, 2.45) is 0 Å². The van der Waals surface area contributed by atoms with Crippen LogP contribution >= 0.6 is 0 Å². The average Bonchev–Trinajstić information content (AvgIpc) is 3.16. The van der Waals surface area contributed by atoms with Gasteiger partial charge in [0.05, 0.1) is 5.41 Å². The van der Waals surface area contributed by atoms with Crippen LogP contribution in [-0.2, 0) is 21.4 Å². The normalized spacial score (nSPS) is 21.0. The molecule has 3 aliphatic rings. The number of urea groups is 1. The molecule has 1 unspecified atom stereocenters. The number of fused-ring (bicyclic) bond motifs is 1. The summed E-state index contributed by atoms with van der Waals surface area (Å²) in [7, 11) is 0. The van der Waals surface area contributed by atoms with Crippen LogP contribution in [0.4, 0.5) is 10.5 Å². The van der Waals surface area contributed by atoms with Crippen LogP contribution in [0.15, 0.2) is 54.6 Å². The molecule has 2 saturated heterocycles. The SMILES string of the molecule is CC1(NC(=O)NC(CCc2ccccc2)C(=O)N2CCC(N3C(=O)C(C)(C)c4ccccc43)CC2)CCNCC1. The lowest BCUT2D eigenvalue weighted by Crippen LogP contribution is -2.59. The first kappa shape index (κ1) is 28.1. The number of aryl methyl sites for hydroxylation is 1. The molecule has 2 fully saturated rings. The van der Waals surface area contributed by atoms with Gasteiger partial charge in [-0.05, 0) is 89.6 Å². The van der Waals surface area contributed by atoms with E-state index in [1.807, 2.05) is 66.1 Å². The van der Waals surface area contributed by atoms with Gasteiger partial charge < -0.3 is 25.8 Å². The third-order valence-electron chi connectivity index (χ3n) is 9.02. The minimum Gasteiger partial charge on any atom is -0.341 e. The summed E-state index contributed by atoms with van der Waals surface area (Å²) in [5.74, 6) is 0.0810. The van der Waals surface area contributed by atoms with Crippen molar-refractivity contribution in [2.45, 2.75) is 82.3 Å². The third-order valence-corrected chi connectivity index (χ3v) is 9.02. The van der Waals surface area contributed by atoms with E-state index in [-0.39, 0.29) is 29.4 Å². The number of benzene rings is 2. The largest absolute Gasteiger partial charge is 0.341 e. The molecular formula is C32H43N5O3. The molecule has 4 amide bonds. The molecule has 40 heavy (non-hydrogen) atoms. The quantitative estimate of drug-likeness (QED) is 0.494. The van der Waals surface area contributed by atoms with E-state index in [1.54, 1.807) is 0 Å². The Balaban J connectivity index is 1.25. The van der Waals surface area contributed by atoms with Crippen LogP contribution in [-0.4, -0.2) is 66.5 Å². The summed E-state index contributed by atoms with van der Waals surface area (Å²) < 4.78 is 0. The molecule has 5 rings (SSSR count). The number of nitrogens with zero attached hydrogens (tertiary/aromatic N) is 2. The van der Waals surface area contributed by atoms with Crippen LogP contribution in [0, 0.1) is 0 Å². The Bertz CT molecular complexity index is 1220. The molecule has 1 atom stereocenters. The number of carbonyl (C=O) groups is 3. The van der Waals surface area contributed by atoms with Crippen molar-refractivity contribution in [1.29, 1.82) is 0 Å². The highest BCUT2D eigenvalue weighted by Crippen LogP contribution is 2.43. The zero-order valence-corrected chi connectivity index (χ0v) is 24.0. The molecule has 3 heterocycles. The second kappa shape index (κ2) is 11.6. The summed E-state index contributed by atoms with van der Waals surface area (Å²) in [4.78, 5) is 44.2. The van der Waals surface area contributed by atoms with Crippen molar-refractivity contribution < 1.29 is 14.4 Å². The minimum atomic E-state index is -0.616. The lowest BCUT2D eigenvalue weighted by atomic mass is 9.86. The Morgan fingerprint density at radius 3 is 2.33 bits per heavy atom. The number of nitrogens with one attached hydrogen (secondary N) is 3. The Labute approximate surface area is 237 Å². The highest BCUT2D eigenvalue weighted by atomic mass is 16.2. The lowest BCUT2D eigenvalue weighted by molar-refractivity contribution is -0.134. The Hall–Kier alpha value is -3.39. The number of para-hydroxylation sites is 1. The van der Waals surface area contributed by atoms with Gasteiger partial charge in [0.15, 0.2) is 0 Å². The molecular weight excluding hydrogens is 502 g/mol. The number of carbonyl (C=O) groups excluding carboxylic acids is 3. The van der Waals surface area contributed by atoms with E-state index in [4.69, 9.17) is 0 Å². The lowest BCUT2D eigenvalue weighted by Gasteiger charge is -2.39. The smallest absolute Gasteiger partial charge is 0.315 e. The number of likely N-dealkylation sites (tertiary alicyclic amines) is 1. The van der Waals surface area contributed by atoms with E-state index in [2.05, 4.69) is 35.0 Å². The highest BCUT2D eigenvalue weighted by Gasteiger charge is 2.47. The van der Waals surface area contributed by atoms with Crippen LogP contribution in [0.1, 0.15) is 64.0 Å². The van der Waals surface area contributed by atoms with Crippen LogP contribution in [0.25, 0.3) is 0 Å². The van der Waals surface area contributed by atoms with Gasteiger partial charge in [0.25, 0.3) is 0 Å². The van der Waals surface area contributed by atoms with Gasteiger partial charge in [-0.2, -0.15) is 0 Å². The molecule has 3 aliphatic heterocycles. The summed E-state index contributed by atoms with van der Waals surface area (Å²) >= 11 is 0. The summed E-state index contributed by atoms with van der Waals surface area (Å²) in [5.41, 5.74) is 2.37. The zero-order chi connectivity index (χ0) is 28.3. The maximum atomic E-state index is 13.8. The van der Waals surface area contributed by atoms with E-state index >= 15 is 0 Å². The number of hydrogen-bond acceptors (Lipinski definition) is 4. The standard InChI is InChI=1S/C32H43N5O3/c1-31(2)25-11-7-8-12-27(25)37(29(31)39)24-15-21-36(22-16-24)28(38)26(14-13-23-9-5-4-6-10-23)34-30(40)35-32(3)17-19-33-20-18-32/h4-12,24,26,33H,13-22H2,1-3H3,(H2,34,35,40). The number of piperidine rings is 2. The molecule has 2 aromatic rings. The predicted octanol–water partition coefficient (Wildman–Crippen LogP) is 3.74. The van der Waals surface area contributed by atoms with Gasteiger partial charge in [-0.25, -0.2) is 4.79 Å². The minimum absolute atomic E-state index is 0.0477. The fourth-order valence-electron chi connectivity index (χ4n) is 6.45. The van der Waals surface area contributed by atoms with Crippen LogP contribution < -0.4 is 20.9 Å². The fraction of sp³-hybridized carbons (Fsp3) is 0.531. The highest BCUT2D eigenvalue weighted by molar-refractivity contribution is 6.08. The number of hydrogen-bond donors (Lipinski definition) is 3. The molecule has 8 nitrogen and oxygen atoms in total. The molecule has 0 saturated carbocycles. The molecule has 0 aliphatic carbocycles. The number of rotatable bonds is 7. The molecule has 3 N–H and O–H groups in total. The average molecular weight is 546 g/mol. The molecule has 8 heteroatoms. The van der Waals surface area contributed by atoms with Crippen molar-refractivity contribution in [3.8, 4) is 0 Å². The maximum absolute atomic E-state index is 13.8. The summed E-state index contributed by atoms with van der Waals surface area (Å²) in [5, 5.41) is 9.50. The van der Waals surface area contributed by atoms with E-state index in [9.17, 15) is 14.4 Å². The van der Waals surface area contributed by atoms with Crippen molar-refractivity contribution in [1.82, 2.24) is 20.9 Å². The first-order valence-corrected chi connectivity index (χ1v) is 14.7. The second-order valence-electron chi connectivity index (χ2n) is 12.4. The van der Waals surface area contributed by atoms with Gasteiger partial charge in [-0.15, -0.1) is 0 Å². The monoisotopic (exact) mass is 545 g/mol. The molecule has 214 valence electrons. The van der Waals surface area contributed by atoms with Gasteiger partial charge in [-0.3, -0.25) is 9.59 Å². The Morgan fingerprint density at radius 2 is 1.62 bits per heavy atom. The first-order chi connectivity index (χ1) is 19.2. The van der Waals surface area contributed by atoms with E-state index < -0.39 is 11.5 Å². The molecule has 0 spiro atoms. The predicted molar refractivity (Wildman–Crippen MR) is 157 cm³/mol. The van der Waals surface area contributed by atoms with Crippen LogP contribution in [0.5, 0.6) is 0 Å². The van der Waals surface area contributed by atoms with Crippen LogP contribution in [0.2, 0.25) is 0 Å². The third kappa shape index (κ3) is 5.87. The van der Waals surface area contributed by atoms with Gasteiger partial charge in [-0.1, -0.05) is 48.5 Å². The fourth-order valence-corrected chi connectivity index (χ4v) is 6.45. The van der Waals surface area contributed by atoms with E-state index in [1.165, 1.54) is 0 Å². The second-order valence-corrected chi connectivity index (χ2v) is 12.4. The molecule has 0 bridgehead atoms. The topological polar surface area (TPSA) is 93.8 Å². The van der Waals surface area contributed by atoms with Gasteiger partial charge in [0.1, 0.15) is 6.04 Å². The molecule has 2 aromatic carbocycles.